The normalized spacial score (nSPS) is 11.2. The van der Waals surface area contributed by atoms with E-state index >= 15 is 0 Å². The summed E-state index contributed by atoms with van der Waals surface area (Å²) in [7, 11) is 0. The average Bonchev–Trinajstić information content (AvgIpc) is 3.15. The lowest BCUT2D eigenvalue weighted by molar-refractivity contribution is 0.0952. The molecular formula is C24H21N3O2. The van der Waals surface area contributed by atoms with Gasteiger partial charge in [-0.2, -0.15) is 5.10 Å². The minimum atomic E-state index is -0.464. The molecule has 0 unspecified atom stereocenters. The third-order valence-corrected chi connectivity index (χ3v) is 4.86. The molecule has 0 spiro atoms. The quantitative estimate of drug-likeness (QED) is 0.396. The Labute approximate surface area is 168 Å². The Morgan fingerprint density at radius 3 is 2.52 bits per heavy atom. The fraction of sp³-hybridized carbons (Fsp3) is 0.0833. The number of rotatable bonds is 4. The van der Waals surface area contributed by atoms with E-state index in [4.69, 9.17) is 0 Å². The lowest BCUT2D eigenvalue weighted by atomic mass is 10.1. The number of hydrogen-bond donors (Lipinski definition) is 2. The number of hydrogen-bond acceptors (Lipinski definition) is 3. The maximum Gasteiger partial charge on any atom is 0.275 e. The van der Waals surface area contributed by atoms with Crippen LogP contribution in [-0.4, -0.2) is 21.8 Å². The Morgan fingerprint density at radius 1 is 1.00 bits per heavy atom. The van der Waals surface area contributed by atoms with Crippen molar-refractivity contribution in [1.82, 2.24) is 9.99 Å². The maximum absolute atomic E-state index is 12.5. The molecule has 0 atom stereocenters. The molecule has 0 aliphatic rings. The van der Waals surface area contributed by atoms with Gasteiger partial charge in [-0.15, -0.1) is 0 Å². The molecule has 1 amide bonds. The van der Waals surface area contributed by atoms with Gasteiger partial charge in [-0.25, -0.2) is 5.43 Å². The summed E-state index contributed by atoms with van der Waals surface area (Å²) in [4.78, 5) is 12.5. The number of nitrogens with one attached hydrogen (secondary N) is 1. The molecule has 5 heteroatoms. The summed E-state index contributed by atoms with van der Waals surface area (Å²) in [5.74, 6) is -0.538. The largest absolute Gasteiger partial charge is 0.507 e. The second-order valence-electron chi connectivity index (χ2n) is 7.01. The van der Waals surface area contributed by atoms with Crippen molar-refractivity contribution in [2.24, 2.45) is 5.10 Å². The summed E-state index contributed by atoms with van der Waals surface area (Å²) >= 11 is 0. The van der Waals surface area contributed by atoms with Gasteiger partial charge >= 0.3 is 0 Å². The van der Waals surface area contributed by atoms with E-state index in [1.807, 2.05) is 47.2 Å². The lowest BCUT2D eigenvalue weighted by Gasteiger charge is -2.10. The number of fused-ring (bicyclic) bond motifs is 1. The maximum atomic E-state index is 12.5. The number of aromatic nitrogens is 1. The third kappa shape index (κ3) is 3.75. The molecule has 29 heavy (non-hydrogen) atoms. The van der Waals surface area contributed by atoms with Crippen molar-refractivity contribution in [3.63, 3.8) is 0 Å². The summed E-state index contributed by atoms with van der Waals surface area (Å²) in [6.07, 6.45) is 3.55. The van der Waals surface area contributed by atoms with E-state index in [9.17, 15) is 9.90 Å². The van der Waals surface area contributed by atoms with Gasteiger partial charge in [-0.3, -0.25) is 4.79 Å². The van der Waals surface area contributed by atoms with Gasteiger partial charge in [0, 0.05) is 11.9 Å². The Morgan fingerprint density at radius 2 is 1.76 bits per heavy atom. The Bertz CT molecular complexity index is 1240. The highest BCUT2D eigenvalue weighted by molar-refractivity contribution is 6.01. The molecular weight excluding hydrogens is 362 g/mol. The molecule has 0 radical (unpaired) electrons. The summed E-state index contributed by atoms with van der Waals surface area (Å²) in [6, 6.07) is 20.9. The lowest BCUT2D eigenvalue weighted by Crippen LogP contribution is -2.18. The third-order valence-electron chi connectivity index (χ3n) is 4.86. The molecule has 5 nitrogen and oxygen atoms in total. The number of nitrogens with zero attached hydrogens (tertiary/aromatic N) is 2. The highest BCUT2D eigenvalue weighted by Gasteiger charge is 2.12. The van der Waals surface area contributed by atoms with Gasteiger partial charge in [0.25, 0.3) is 5.91 Å². The second-order valence-corrected chi connectivity index (χ2v) is 7.01. The van der Waals surface area contributed by atoms with Crippen LogP contribution in [0.25, 0.3) is 16.5 Å². The van der Waals surface area contributed by atoms with Crippen molar-refractivity contribution in [2.75, 3.05) is 0 Å². The van der Waals surface area contributed by atoms with Gasteiger partial charge in [-0.05, 0) is 60.5 Å². The number of benzene rings is 3. The van der Waals surface area contributed by atoms with Crippen molar-refractivity contribution in [3.05, 3.63) is 95.3 Å². The molecule has 1 heterocycles. The van der Waals surface area contributed by atoms with Crippen molar-refractivity contribution in [3.8, 4) is 11.4 Å². The molecule has 144 valence electrons. The van der Waals surface area contributed by atoms with Gasteiger partial charge in [0.05, 0.1) is 17.5 Å². The summed E-state index contributed by atoms with van der Waals surface area (Å²) in [5, 5.41) is 16.0. The molecule has 0 aliphatic heterocycles. The van der Waals surface area contributed by atoms with Crippen LogP contribution in [0.5, 0.6) is 5.75 Å². The van der Waals surface area contributed by atoms with Crippen LogP contribution in [0, 0.1) is 13.8 Å². The van der Waals surface area contributed by atoms with Gasteiger partial charge in [0.1, 0.15) is 5.75 Å². The standard InChI is InChI=1S/C24H21N3O2/c1-16-9-10-22(17(2)12-16)27-11-5-8-20(27)15-25-26-24(29)21-13-18-6-3-4-7-19(18)14-23(21)28/h3-15,28H,1-2H3,(H,26,29). The molecule has 0 saturated carbocycles. The van der Waals surface area contributed by atoms with Crippen LogP contribution >= 0.6 is 0 Å². The van der Waals surface area contributed by atoms with Crippen molar-refractivity contribution >= 4 is 22.9 Å². The molecule has 4 rings (SSSR count). The minimum absolute atomic E-state index is 0.0740. The number of hydrazone groups is 1. The smallest absolute Gasteiger partial charge is 0.275 e. The predicted octanol–water partition coefficient (Wildman–Crippen LogP) is 4.72. The van der Waals surface area contributed by atoms with E-state index in [1.54, 1.807) is 18.3 Å². The first-order chi connectivity index (χ1) is 14.0. The number of phenolic OH excluding ortho intramolecular Hbond substituents is 1. The first-order valence-corrected chi connectivity index (χ1v) is 9.33. The number of phenols is 1. The van der Waals surface area contributed by atoms with Crippen LogP contribution < -0.4 is 5.43 Å². The molecule has 0 fully saturated rings. The number of amides is 1. The van der Waals surface area contributed by atoms with Crippen LogP contribution in [0.1, 0.15) is 27.2 Å². The highest BCUT2D eigenvalue weighted by atomic mass is 16.3. The topological polar surface area (TPSA) is 66.6 Å². The molecule has 0 bridgehead atoms. The number of carbonyl (C=O) groups excluding carboxylic acids is 1. The molecule has 1 aromatic heterocycles. The zero-order chi connectivity index (χ0) is 20.4. The van der Waals surface area contributed by atoms with Crippen LogP contribution in [0.3, 0.4) is 0 Å². The van der Waals surface area contributed by atoms with Crippen molar-refractivity contribution < 1.29 is 9.90 Å². The number of carbonyl (C=O) groups is 1. The molecule has 0 aliphatic carbocycles. The number of aromatic hydroxyl groups is 1. The zero-order valence-electron chi connectivity index (χ0n) is 16.3. The molecule has 3 aromatic carbocycles. The Kier molecular flexibility index (Phi) is 4.87. The van der Waals surface area contributed by atoms with Crippen LogP contribution in [-0.2, 0) is 0 Å². The zero-order valence-corrected chi connectivity index (χ0v) is 16.3. The van der Waals surface area contributed by atoms with E-state index in [0.717, 1.165) is 27.7 Å². The second kappa shape index (κ2) is 7.64. The molecule has 0 saturated heterocycles. The first kappa shape index (κ1) is 18.5. The van der Waals surface area contributed by atoms with Gasteiger partial charge in [0.2, 0.25) is 0 Å². The van der Waals surface area contributed by atoms with E-state index in [-0.39, 0.29) is 11.3 Å². The molecule has 4 aromatic rings. The van der Waals surface area contributed by atoms with Gasteiger partial charge < -0.3 is 9.67 Å². The Balaban J connectivity index is 1.55. The van der Waals surface area contributed by atoms with Gasteiger partial charge in [-0.1, -0.05) is 42.0 Å². The number of aryl methyl sites for hydroxylation is 2. The summed E-state index contributed by atoms with van der Waals surface area (Å²) in [6.45, 7) is 4.13. The molecule has 2 N–H and O–H groups in total. The Hall–Kier alpha value is -3.86. The van der Waals surface area contributed by atoms with Crippen molar-refractivity contribution in [2.45, 2.75) is 13.8 Å². The fourth-order valence-corrected chi connectivity index (χ4v) is 3.42. The fourth-order valence-electron chi connectivity index (χ4n) is 3.42. The average molecular weight is 383 g/mol. The summed E-state index contributed by atoms with van der Waals surface area (Å²) < 4.78 is 2.01. The predicted molar refractivity (Wildman–Crippen MR) is 116 cm³/mol. The van der Waals surface area contributed by atoms with Crippen LogP contribution in [0.15, 0.2) is 78.0 Å². The minimum Gasteiger partial charge on any atom is -0.507 e. The van der Waals surface area contributed by atoms with Crippen LogP contribution in [0.2, 0.25) is 0 Å². The summed E-state index contributed by atoms with van der Waals surface area (Å²) in [5.41, 5.74) is 6.94. The van der Waals surface area contributed by atoms with E-state index in [0.29, 0.717) is 0 Å². The van der Waals surface area contributed by atoms with Gasteiger partial charge in [0.15, 0.2) is 0 Å². The van der Waals surface area contributed by atoms with Crippen LogP contribution in [0.4, 0.5) is 0 Å². The monoisotopic (exact) mass is 383 g/mol. The van der Waals surface area contributed by atoms with E-state index < -0.39 is 5.91 Å². The van der Waals surface area contributed by atoms with E-state index in [2.05, 4.69) is 42.6 Å². The first-order valence-electron chi connectivity index (χ1n) is 9.33. The van der Waals surface area contributed by atoms with E-state index in [1.165, 1.54) is 5.56 Å². The van der Waals surface area contributed by atoms with Crippen molar-refractivity contribution in [1.29, 1.82) is 0 Å². The SMILES string of the molecule is Cc1ccc(-n2cccc2C=NNC(=O)c2cc3ccccc3cc2O)c(C)c1. The highest BCUT2D eigenvalue weighted by Crippen LogP contribution is 2.25.